The lowest BCUT2D eigenvalue weighted by Crippen LogP contribution is -1.75. The highest BCUT2D eigenvalue weighted by molar-refractivity contribution is 9.10. The molecule has 0 unspecified atom stereocenters. The normalized spacial score (nSPS) is 10.6. The van der Waals surface area contributed by atoms with Crippen molar-refractivity contribution in [1.29, 1.82) is 0 Å². The highest BCUT2D eigenvalue weighted by atomic mass is 79.9. The first-order valence-corrected chi connectivity index (χ1v) is 5.22. The first-order valence-electron chi connectivity index (χ1n) is 3.61. The molecule has 0 aliphatic heterocycles. The molecule has 2 rings (SSSR count). The molecule has 2 aromatic rings. The molecular weight excluding hydrogens is 254 g/mol. The zero-order valence-electron chi connectivity index (χ0n) is 6.53. The van der Waals surface area contributed by atoms with E-state index >= 15 is 0 Å². The number of aliphatic hydroxyl groups is 1. The molecule has 0 aliphatic carbocycles. The first kappa shape index (κ1) is 8.93. The van der Waals surface area contributed by atoms with E-state index in [2.05, 4.69) is 20.9 Å². The average molecular weight is 260 g/mol. The topological polar surface area (TPSA) is 46.3 Å². The van der Waals surface area contributed by atoms with E-state index in [1.54, 1.807) is 6.20 Å². The SMILES string of the molecule is OCc1ncc(-c2ccc(Br)o2)s1. The molecule has 3 nitrogen and oxygen atoms in total. The predicted molar refractivity (Wildman–Crippen MR) is 53.4 cm³/mol. The van der Waals surface area contributed by atoms with Crippen LogP contribution in [0.3, 0.4) is 0 Å². The molecule has 0 fully saturated rings. The Bertz CT molecular complexity index is 410. The molecule has 0 spiro atoms. The Morgan fingerprint density at radius 3 is 2.92 bits per heavy atom. The standard InChI is InChI=1S/C8H6BrNO2S/c9-7-2-1-5(12-7)6-3-10-8(4-11)13-6/h1-3,11H,4H2. The summed E-state index contributed by atoms with van der Waals surface area (Å²) in [5.74, 6) is 0.768. The molecule has 2 aromatic heterocycles. The van der Waals surface area contributed by atoms with Gasteiger partial charge in [-0.3, -0.25) is 0 Å². The lowest BCUT2D eigenvalue weighted by atomic mass is 10.4. The molecule has 0 aromatic carbocycles. The maximum absolute atomic E-state index is 8.81. The van der Waals surface area contributed by atoms with Gasteiger partial charge in [0.05, 0.1) is 11.5 Å². The number of furan rings is 1. The second kappa shape index (κ2) is 3.61. The Hall–Kier alpha value is -0.650. The van der Waals surface area contributed by atoms with Gasteiger partial charge in [-0.05, 0) is 28.1 Å². The van der Waals surface area contributed by atoms with E-state index in [0.717, 1.165) is 10.6 Å². The molecule has 0 bridgehead atoms. The molecular formula is C8H6BrNO2S. The van der Waals surface area contributed by atoms with Crippen molar-refractivity contribution in [2.24, 2.45) is 0 Å². The van der Waals surface area contributed by atoms with Crippen molar-refractivity contribution >= 4 is 27.3 Å². The number of halogens is 1. The Morgan fingerprint density at radius 2 is 2.38 bits per heavy atom. The van der Waals surface area contributed by atoms with Gasteiger partial charge in [0.1, 0.15) is 10.8 Å². The second-order valence-corrected chi connectivity index (χ2v) is 4.28. The summed E-state index contributed by atoms with van der Waals surface area (Å²) in [5.41, 5.74) is 0. The van der Waals surface area contributed by atoms with Crippen LogP contribution in [-0.4, -0.2) is 10.1 Å². The minimum atomic E-state index is -0.0213. The number of rotatable bonds is 2. The number of hydrogen-bond donors (Lipinski definition) is 1. The van der Waals surface area contributed by atoms with E-state index in [4.69, 9.17) is 9.52 Å². The molecule has 1 N–H and O–H groups in total. The van der Waals surface area contributed by atoms with E-state index in [1.807, 2.05) is 12.1 Å². The quantitative estimate of drug-likeness (QED) is 0.902. The lowest BCUT2D eigenvalue weighted by molar-refractivity contribution is 0.281. The predicted octanol–water partition coefficient (Wildman–Crippen LogP) is 2.66. The monoisotopic (exact) mass is 259 g/mol. The zero-order valence-corrected chi connectivity index (χ0v) is 8.93. The van der Waals surface area contributed by atoms with Crippen LogP contribution in [0, 0.1) is 0 Å². The highest BCUT2D eigenvalue weighted by Gasteiger charge is 2.07. The third kappa shape index (κ3) is 1.82. The summed E-state index contributed by atoms with van der Waals surface area (Å²) in [7, 11) is 0. The van der Waals surface area contributed by atoms with E-state index in [9.17, 15) is 0 Å². The van der Waals surface area contributed by atoms with Gasteiger partial charge in [-0.15, -0.1) is 11.3 Å². The summed E-state index contributed by atoms with van der Waals surface area (Å²) in [6.07, 6.45) is 1.70. The van der Waals surface area contributed by atoms with E-state index < -0.39 is 0 Å². The minimum Gasteiger partial charge on any atom is -0.448 e. The maximum Gasteiger partial charge on any atom is 0.169 e. The third-order valence-electron chi connectivity index (χ3n) is 1.50. The van der Waals surface area contributed by atoms with Crippen LogP contribution >= 0.6 is 27.3 Å². The van der Waals surface area contributed by atoms with Gasteiger partial charge in [0.2, 0.25) is 0 Å². The smallest absolute Gasteiger partial charge is 0.169 e. The van der Waals surface area contributed by atoms with Crippen LogP contribution in [0.4, 0.5) is 0 Å². The van der Waals surface area contributed by atoms with Gasteiger partial charge in [0.25, 0.3) is 0 Å². The molecule has 0 radical (unpaired) electrons. The van der Waals surface area contributed by atoms with Gasteiger partial charge < -0.3 is 9.52 Å². The molecule has 0 atom stereocenters. The van der Waals surface area contributed by atoms with E-state index in [1.165, 1.54) is 11.3 Å². The summed E-state index contributed by atoms with van der Waals surface area (Å²) in [6.45, 7) is -0.0213. The van der Waals surface area contributed by atoms with Gasteiger partial charge in [0.15, 0.2) is 4.67 Å². The molecule has 0 amide bonds. The highest BCUT2D eigenvalue weighted by Crippen LogP contribution is 2.29. The zero-order chi connectivity index (χ0) is 9.26. The second-order valence-electron chi connectivity index (χ2n) is 2.38. The Labute approximate surface area is 87.2 Å². The summed E-state index contributed by atoms with van der Waals surface area (Å²) in [4.78, 5) is 4.94. The summed E-state index contributed by atoms with van der Waals surface area (Å²) < 4.78 is 6.03. The number of hydrogen-bond acceptors (Lipinski definition) is 4. The van der Waals surface area contributed by atoms with Gasteiger partial charge >= 0.3 is 0 Å². The van der Waals surface area contributed by atoms with E-state index in [0.29, 0.717) is 9.68 Å². The molecule has 13 heavy (non-hydrogen) atoms. The minimum absolute atomic E-state index is 0.0213. The third-order valence-corrected chi connectivity index (χ3v) is 2.93. The van der Waals surface area contributed by atoms with Gasteiger partial charge in [-0.1, -0.05) is 0 Å². The molecule has 0 saturated heterocycles. The first-order chi connectivity index (χ1) is 6.29. The van der Waals surface area contributed by atoms with Crippen LogP contribution in [0.5, 0.6) is 0 Å². The molecule has 0 saturated carbocycles. The maximum atomic E-state index is 8.81. The van der Waals surface area contributed by atoms with Gasteiger partial charge in [-0.25, -0.2) is 4.98 Å². The fraction of sp³-hybridized carbons (Fsp3) is 0.125. The van der Waals surface area contributed by atoms with Crippen molar-refractivity contribution in [1.82, 2.24) is 4.98 Å². The molecule has 5 heteroatoms. The summed E-state index contributed by atoms with van der Waals surface area (Å²) in [6, 6.07) is 3.69. The van der Waals surface area contributed by atoms with Gasteiger partial charge in [0, 0.05) is 6.20 Å². The van der Waals surface area contributed by atoms with Crippen LogP contribution in [0.15, 0.2) is 27.4 Å². The number of nitrogens with zero attached hydrogens (tertiary/aromatic N) is 1. The van der Waals surface area contributed by atoms with Crippen molar-refractivity contribution < 1.29 is 9.52 Å². The van der Waals surface area contributed by atoms with Crippen molar-refractivity contribution in [2.45, 2.75) is 6.61 Å². The summed E-state index contributed by atoms with van der Waals surface area (Å²) >= 11 is 4.65. The number of aromatic nitrogens is 1. The fourth-order valence-electron chi connectivity index (χ4n) is 0.944. The fourth-order valence-corrected chi connectivity index (χ4v) is 1.99. The molecule has 0 aliphatic rings. The van der Waals surface area contributed by atoms with Crippen molar-refractivity contribution in [3.63, 3.8) is 0 Å². The van der Waals surface area contributed by atoms with Crippen LogP contribution in [0.1, 0.15) is 5.01 Å². The van der Waals surface area contributed by atoms with Crippen LogP contribution < -0.4 is 0 Å². The Morgan fingerprint density at radius 1 is 1.54 bits per heavy atom. The summed E-state index contributed by atoms with van der Waals surface area (Å²) in [5, 5.41) is 9.51. The van der Waals surface area contributed by atoms with Crippen molar-refractivity contribution in [3.05, 3.63) is 28.0 Å². The van der Waals surface area contributed by atoms with Crippen molar-refractivity contribution in [3.8, 4) is 10.6 Å². The lowest BCUT2D eigenvalue weighted by Gasteiger charge is -1.86. The van der Waals surface area contributed by atoms with Crippen molar-refractivity contribution in [2.75, 3.05) is 0 Å². The largest absolute Gasteiger partial charge is 0.448 e. The van der Waals surface area contributed by atoms with E-state index in [-0.39, 0.29) is 6.61 Å². The number of thiazole rings is 1. The van der Waals surface area contributed by atoms with Crippen LogP contribution in [0.25, 0.3) is 10.6 Å². The number of aliphatic hydroxyl groups excluding tert-OH is 1. The van der Waals surface area contributed by atoms with Gasteiger partial charge in [-0.2, -0.15) is 0 Å². The van der Waals surface area contributed by atoms with Crippen LogP contribution in [0.2, 0.25) is 0 Å². The molecule has 2 heterocycles. The Balaban J connectivity index is 2.35. The van der Waals surface area contributed by atoms with Crippen LogP contribution in [-0.2, 0) is 6.61 Å². The average Bonchev–Trinajstić information content (AvgIpc) is 2.71. The Kier molecular flexibility index (Phi) is 2.48. The molecule has 68 valence electrons.